The zero-order valence-electron chi connectivity index (χ0n) is 17.5. The molecule has 8 heteroatoms. The molecule has 0 spiro atoms. The second-order valence-corrected chi connectivity index (χ2v) is 7.15. The number of alkyl halides is 2. The fourth-order valence-electron chi connectivity index (χ4n) is 2.91. The highest BCUT2D eigenvalue weighted by Gasteiger charge is 2.19. The Morgan fingerprint density at radius 1 is 1.07 bits per heavy atom. The van der Waals surface area contributed by atoms with Crippen molar-refractivity contribution in [2.45, 2.75) is 40.0 Å². The second kappa shape index (κ2) is 10.7. The molecule has 0 aliphatic carbocycles. The number of amides is 2. The fraction of sp³-hybridized carbons (Fsp3) is 0.364. The Hall–Kier alpha value is -3.00. The molecule has 0 saturated carbocycles. The van der Waals surface area contributed by atoms with E-state index in [1.54, 1.807) is 31.0 Å². The number of ether oxygens (including phenoxy) is 1. The summed E-state index contributed by atoms with van der Waals surface area (Å²) >= 11 is 0. The second-order valence-electron chi connectivity index (χ2n) is 7.15. The van der Waals surface area contributed by atoms with Gasteiger partial charge in [-0.3, -0.25) is 14.5 Å². The number of rotatable bonds is 9. The Morgan fingerprint density at radius 3 is 2.23 bits per heavy atom. The van der Waals surface area contributed by atoms with Gasteiger partial charge in [0.05, 0.1) is 12.6 Å². The highest BCUT2D eigenvalue weighted by Crippen LogP contribution is 2.19. The third kappa shape index (κ3) is 6.81. The number of hydrogen-bond donors (Lipinski definition) is 2. The van der Waals surface area contributed by atoms with Crippen molar-refractivity contribution in [1.82, 2.24) is 10.2 Å². The molecule has 1 atom stereocenters. The molecule has 2 N–H and O–H groups in total. The average Bonchev–Trinajstić information content (AvgIpc) is 2.69. The Bertz CT molecular complexity index is 852. The summed E-state index contributed by atoms with van der Waals surface area (Å²) < 4.78 is 28.7. The first-order valence-electron chi connectivity index (χ1n) is 9.55. The summed E-state index contributed by atoms with van der Waals surface area (Å²) in [4.78, 5) is 26.4. The first kappa shape index (κ1) is 23.3. The number of hydrogen-bond acceptors (Lipinski definition) is 4. The van der Waals surface area contributed by atoms with Crippen LogP contribution in [0.3, 0.4) is 0 Å². The third-order valence-electron chi connectivity index (χ3n) is 4.79. The van der Waals surface area contributed by atoms with Gasteiger partial charge in [0, 0.05) is 12.2 Å². The Labute approximate surface area is 175 Å². The Morgan fingerprint density at radius 2 is 1.67 bits per heavy atom. The van der Waals surface area contributed by atoms with Crippen LogP contribution < -0.4 is 15.4 Å². The molecule has 6 nitrogen and oxygen atoms in total. The predicted molar refractivity (Wildman–Crippen MR) is 112 cm³/mol. The van der Waals surface area contributed by atoms with E-state index >= 15 is 0 Å². The lowest BCUT2D eigenvalue weighted by molar-refractivity contribution is -0.127. The number of halogens is 2. The molecule has 1 unspecified atom stereocenters. The maximum absolute atomic E-state index is 12.4. The number of para-hydroxylation sites is 1. The van der Waals surface area contributed by atoms with Crippen LogP contribution in [0.5, 0.6) is 5.75 Å². The third-order valence-corrected chi connectivity index (χ3v) is 4.79. The van der Waals surface area contributed by atoms with Crippen LogP contribution >= 0.6 is 0 Å². The van der Waals surface area contributed by atoms with Crippen molar-refractivity contribution >= 4 is 17.5 Å². The molecule has 0 aliphatic rings. The summed E-state index contributed by atoms with van der Waals surface area (Å²) in [6.45, 7) is 2.97. The largest absolute Gasteiger partial charge is 0.435 e. The van der Waals surface area contributed by atoms with Crippen LogP contribution in [-0.2, 0) is 16.1 Å². The number of anilines is 1. The van der Waals surface area contributed by atoms with E-state index in [1.165, 1.54) is 12.1 Å². The molecule has 2 rings (SSSR count). The van der Waals surface area contributed by atoms with Gasteiger partial charge in [-0.05, 0) is 56.6 Å². The molecule has 2 aromatic rings. The van der Waals surface area contributed by atoms with Gasteiger partial charge in [0.25, 0.3) is 0 Å². The molecule has 2 amide bonds. The number of benzene rings is 2. The van der Waals surface area contributed by atoms with Crippen molar-refractivity contribution in [2.24, 2.45) is 0 Å². The van der Waals surface area contributed by atoms with Crippen molar-refractivity contribution in [2.75, 3.05) is 18.9 Å². The zero-order chi connectivity index (χ0) is 22.3. The van der Waals surface area contributed by atoms with Crippen LogP contribution in [0.2, 0.25) is 0 Å². The minimum absolute atomic E-state index is 0.0806. The van der Waals surface area contributed by atoms with Gasteiger partial charge in [-0.25, -0.2) is 0 Å². The standard InChI is InChI=1S/C22H27F2N3O3/c1-14-6-5-7-15(2)20(14)26-19(28)12-25-21(29)16(3)27(4)13-17-8-10-18(11-9-17)30-22(23)24/h5-11,16,22H,12-13H2,1-4H3,(H,25,29)(H,26,28). The maximum Gasteiger partial charge on any atom is 0.387 e. The van der Waals surface area contributed by atoms with Crippen LogP contribution in [0, 0.1) is 13.8 Å². The van der Waals surface area contributed by atoms with Gasteiger partial charge in [0.1, 0.15) is 5.75 Å². The van der Waals surface area contributed by atoms with E-state index in [2.05, 4.69) is 15.4 Å². The van der Waals surface area contributed by atoms with E-state index < -0.39 is 12.7 Å². The van der Waals surface area contributed by atoms with Gasteiger partial charge in [-0.15, -0.1) is 0 Å². The number of carbonyl (C=O) groups excluding carboxylic acids is 2. The topological polar surface area (TPSA) is 70.7 Å². The van der Waals surface area contributed by atoms with Crippen molar-refractivity contribution in [3.05, 3.63) is 59.2 Å². The highest BCUT2D eigenvalue weighted by atomic mass is 19.3. The number of nitrogens with one attached hydrogen (secondary N) is 2. The summed E-state index contributed by atoms with van der Waals surface area (Å²) in [5, 5.41) is 5.47. The van der Waals surface area contributed by atoms with E-state index in [0.29, 0.717) is 6.54 Å². The van der Waals surface area contributed by atoms with Gasteiger partial charge in [0.2, 0.25) is 11.8 Å². The molecular weight excluding hydrogens is 392 g/mol. The first-order chi connectivity index (χ1) is 14.2. The molecule has 0 fully saturated rings. The Balaban J connectivity index is 1.83. The number of aryl methyl sites for hydroxylation is 2. The minimum Gasteiger partial charge on any atom is -0.435 e. The summed E-state index contributed by atoms with van der Waals surface area (Å²) in [6, 6.07) is 11.5. The van der Waals surface area contributed by atoms with E-state index in [-0.39, 0.29) is 24.1 Å². The maximum atomic E-state index is 12.4. The average molecular weight is 419 g/mol. The zero-order valence-corrected chi connectivity index (χ0v) is 17.5. The van der Waals surface area contributed by atoms with Crippen molar-refractivity contribution in [3.63, 3.8) is 0 Å². The van der Waals surface area contributed by atoms with Crippen LogP contribution in [0.1, 0.15) is 23.6 Å². The predicted octanol–water partition coefficient (Wildman–Crippen LogP) is 3.48. The number of likely N-dealkylation sites (N-methyl/N-ethyl adjacent to an activating group) is 1. The molecule has 2 aromatic carbocycles. The monoisotopic (exact) mass is 419 g/mol. The van der Waals surface area contributed by atoms with Crippen LogP contribution in [0.15, 0.2) is 42.5 Å². The van der Waals surface area contributed by atoms with E-state index in [1.807, 2.05) is 32.0 Å². The van der Waals surface area contributed by atoms with E-state index in [4.69, 9.17) is 0 Å². The summed E-state index contributed by atoms with van der Waals surface area (Å²) in [6.07, 6.45) is 0. The number of carbonyl (C=O) groups is 2. The summed E-state index contributed by atoms with van der Waals surface area (Å²) in [7, 11) is 1.77. The van der Waals surface area contributed by atoms with Gasteiger partial charge in [-0.2, -0.15) is 8.78 Å². The van der Waals surface area contributed by atoms with Gasteiger partial charge < -0.3 is 15.4 Å². The summed E-state index contributed by atoms with van der Waals surface area (Å²) in [5.41, 5.74) is 3.49. The van der Waals surface area contributed by atoms with Gasteiger partial charge in [0.15, 0.2) is 0 Å². The normalized spacial score (nSPS) is 12.0. The lowest BCUT2D eigenvalue weighted by Crippen LogP contribution is -2.45. The molecular formula is C22H27F2N3O3. The molecule has 0 saturated heterocycles. The highest BCUT2D eigenvalue weighted by molar-refractivity contribution is 5.96. The van der Waals surface area contributed by atoms with Crippen LogP contribution in [-0.4, -0.2) is 43.0 Å². The van der Waals surface area contributed by atoms with Crippen LogP contribution in [0.25, 0.3) is 0 Å². The Kier molecular flexibility index (Phi) is 8.29. The van der Waals surface area contributed by atoms with Crippen molar-refractivity contribution < 1.29 is 23.1 Å². The molecule has 0 bridgehead atoms. The SMILES string of the molecule is Cc1cccc(C)c1NC(=O)CNC(=O)C(C)N(C)Cc1ccc(OC(F)F)cc1. The molecule has 0 radical (unpaired) electrons. The lowest BCUT2D eigenvalue weighted by Gasteiger charge is -2.24. The van der Waals surface area contributed by atoms with Crippen molar-refractivity contribution in [3.8, 4) is 5.75 Å². The van der Waals surface area contributed by atoms with Crippen LogP contribution in [0.4, 0.5) is 14.5 Å². The lowest BCUT2D eigenvalue weighted by atomic mass is 10.1. The molecule has 30 heavy (non-hydrogen) atoms. The minimum atomic E-state index is -2.87. The first-order valence-corrected chi connectivity index (χ1v) is 9.55. The molecule has 162 valence electrons. The quantitative estimate of drug-likeness (QED) is 0.653. The molecule has 0 heterocycles. The van der Waals surface area contributed by atoms with E-state index in [9.17, 15) is 18.4 Å². The number of nitrogens with zero attached hydrogens (tertiary/aromatic N) is 1. The van der Waals surface area contributed by atoms with Crippen molar-refractivity contribution in [1.29, 1.82) is 0 Å². The fourth-order valence-corrected chi connectivity index (χ4v) is 2.91. The van der Waals surface area contributed by atoms with Gasteiger partial charge in [-0.1, -0.05) is 30.3 Å². The van der Waals surface area contributed by atoms with Gasteiger partial charge >= 0.3 is 6.61 Å². The molecule has 0 aliphatic heterocycles. The smallest absolute Gasteiger partial charge is 0.387 e. The molecule has 0 aromatic heterocycles. The summed E-state index contributed by atoms with van der Waals surface area (Å²) in [5.74, 6) is -0.505. The van der Waals surface area contributed by atoms with E-state index in [0.717, 1.165) is 22.4 Å².